The molecule has 3 rings (SSSR count). The maximum absolute atomic E-state index is 9.76. The number of aromatic hydroxyl groups is 1. The highest BCUT2D eigenvalue weighted by Gasteiger charge is 2.07. The van der Waals surface area contributed by atoms with Crippen molar-refractivity contribution in [1.82, 2.24) is 9.97 Å². The lowest BCUT2D eigenvalue weighted by atomic mass is 10.1. The van der Waals surface area contributed by atoms with Crippen molar-refractivity contribution in [1.29, 1.82) is 0 Å². The second-order valence-electron chi connectivity index (χ2n) is 4.47. The average molecular weight is 254 g/mol. The lowest BCUT2D eigenvalue weighted by Gasteiger charge is -2.00. The van der Waals surface area contributed by atoms with Gasteiger partial charge < -0.3 is 14.8 Å². The zero-order chi connectivity index (χ0) is 13.4. The third-order valence-corrected chi connectivity index (χ3v) is 3.17. The van der Waals surface area contributed by atoms with Gasteiger partial charge in [-0.1, -0.05) is 12.1 Å². The smallest absolute Gasteiger partial charge is 0.138 e. The first kappa shape index (κ1) is 11.6. The van der Waals surface area contributed by atoms with E-state index in [2.05, 4.69) is 9.97 Å². The Morgan fingerprint density at radius 3 is 2.74 bits per heavy atom. The summed E-state index contributed by atoms with van der Waals surface area (Å²) in [7, 11) is 1.64. The number of hydrogen-bond acceptors (Lipinski definition) is 3. The number of fused-ring (bicyclic) bond motifs is 1. The fourth-order valence-corrected chi connectivity index (χ4v) is 2.01. The molecule has 0 radical (unpaired) electrons. The molecule has 0 aliphatic heterocycles. The van der Waals surface area contributed by atoms with Crippen LogP contribution in [0.4, 0.5) is 0 Å². The van der Waals surface area contributed by atoms with E-state index in [-0.39, 0.29) is 5.75 Å². The van der Waals surface area contributed by atoms with Crippen LogP contribution in [0, 0.1) is 6.92 Å². The van der Waals surface area contributed by atoms with Gasteiger partial charge in [0.05, 0.1) is 18.1 Å². The first-order valence-corrected chi connectivity index (χ1v) is 6.01. The molecule has 0 atom stereocenters. The van der Waals surface area contributed by atoms with Gasteiger partial charge in [0.1, 0.15) is 17.3 Å². The molecule has 0 fully saturated rings. The Balaban J connectivity index is 2.11. The largest absolute Gasteiger partial charge is 0.508 e. The van der Waals surface area contributed by atoms with E-state index in [9.17, 15) is 5.11 Å². The average Bonchev–Trinajstić information content (AvgIpc) is 2.84. The number of aryl methyl sites for hydroxylation is 1. The van der Waals surface area contributed by atoms with Crippen LogP contribution < -0.4 is 4.74 Å². The second kappa shape index (κ2) is 4.31. The van der Waals surface area contributed by atoms with Crippen LogP contribution >= 0.6 is 0 Å². The van der Waals surface area contributed by atoms with Crippen LogP contribution in [-0.4, -0.2) is 22.2 Å². The Labute approximate surface area is 110 Å². The van der Waals surface area contributed by atoms with E-state index in [0.717, 1.165) is 33.7 Å². The van der Waals surface area contributed by atoms with E-state index in [0.29, 0.717) is 0 Å². The molecule has 0 spiro atoms. The summed E-state index contributed by atoms with van der Waals surface area (Å²) in [6, 6.07) is 11.2. The molecular weight excluding hydrogens is 240 g/mol. The summed E-state index contributed by atoms with van der Waals surface area (Å²) >= 11 is 0. The van der Waals surface area contributed by atoms with Gasteiger partial charge in [0.15, 0.2) is 0 Å². The molecule has 0 aliphatic rings. The van der Waals surface area contributed by atoms with E-state index in [1.165, 1.54) is 0 Å². The summed E-state index contributed by atoms with van der Waals surface area (Å²) in [5.74, 6) is 1.79. The number of rotatable bonds is 2. The van der Waals surface area contributed by atoms with Crippen molar-refractivity contribution in [2.45, 2.75) is 6.92 Å². The predicted octanol–water partition coefficient (Wildman–Crippen LogP) is 3.25. The summed E-state index contributed by atoms with van der Waals surface area (Å²) in [6.45, 7) is 1.86. The number of benzene rings is 2. The molecule has 0 unspecified atom stereocenters. The molecular formula is C15H14N2O2. The molecule has 0 saturated carbocycles. The third-order valence-electron chi connectivity index (χ3n) is 3.17. The molecule has 1 heterocycles. The minimum absolute atomic E-state index is 0.274. The van der Waals surface area contributed by atoms with E-state index in [1.807, 2.05) is 37.3 Å². The Kier molecular flexibility index (Phi) is 2.63. The van der Waals surface area contributed by atoms with E-state index in [1.54, 1.807) is 13.2 Å². The van der Waals surface area contributed by atoms with Crippen molar-refractivity contribution >= 4 is 11.0 Å². The van der Waals surface area contributed by atoms with E-state index >= 15 is 0 Å². The predicted molar refractivity (Wildman–Crippen MR) is 74.5 cm³/mol. The number of imidazole rings is 1. The Hall–Kier alpha value is -2.49. The molecule has 96 valence electrons. The maximum atomic E-state index is 9.76. The topological polar surface area (TPSA) is 58.1 Å². The molecule has 0 bridgehead atoms. The monoisotopic (exact) mass is 254 g/mol. The third kappa shape index (κ3) is 2.01. The van der Waals surface area contributed by atoms with Gasteiger partial charge in [-0.15, -0.1) is 0 Å². The van der Waals surface area contributed by atoms with Crippen LogP contribution in [0.3, 0.4) is 0 Å². The van der Waals surface area contributed by atoms with Crippen molar-refractivity contribution in [2.75, 3.05) is 7.11 Å². The molecule has 4 heteroatoms. The Morgan fingerprint density at radius 1 is 1.16 bits per heavy atom. The number of phenolic OH excluding ortho intramolecular Hbond substituents is 1. The lowest BCUT2D eigenvalue weighted by molar-refractivity contribution is 0.415. The molecule has 0 amide bonds. The lowest BCUT2D eigenvalue weighted by Crippen LogP contribution is -1.82. The second-order valence-corrected chi connectivity index (χ2v) is 4.47. The van der Waals surface area contributed by atoms with Gasteiger partial charge in [-0.05, 0) is 30.7 Å². The quantitative estimate of drug-likeness (QED) is 0.738. The molecule has 3 aromatic rings. The van der Waals surface area contributed by atoms with Gasteiger partial charge in [0.2, 0.25) is 0 Å². The zero-order valence-electron chi connectivity index (χ0n) is 10.8. The van der Waals surface area contributed by atoms with Crippen LogP contribution in [-0.2, 0) is 0 Å². The number of aromatic amines is 1. The van der Waals surface area contributed by atoms with Crippen LogP contribution in [0.15, 0.2) is 36.4 Å². The van der Waals surface area contributed by atoms with Gasteiger partial charge in [0.25, 0.3) is 0 Å². The highest BCUT2D eigenvalue weighted by molar-refractivity contribution is 5.81. The number of nitrogens with one attached hydrogen (secondary N) is 1. The molecule has 1 aromatic heterocycles. The number of phenols is 1. The van der Waals surface area contributed by atoms with Crippen LogP contribution in [0.2, 0.25) is 0 Å². The van der Waals surface area contributed by atoms with Gasteiger partial charge in [-0.25, -0.2) is 4.98 Å². The highest BCUT2D eigenvalue weighted by Crippen LogP contribution is 2.27. The zero-order valence-corrected chi connectivity index (χ0v) is 10.8. The van der Waals surface area contributed by atoms with Crippen molar-refractivity contribution in [3.8, 4) is 22.9 Å². The SMILES string of the molecule is COc1ccc2nc(-c3ccc(C)c(O)c3)[nH]c2c1. The standard InChI is InChI=1S/C15H14N2O2/c1-9-3-4-10(7-14(9)18)15-16-12-6-5-11(19-2)8-13(12)17-15/h3-8,18H,1-2H3,(H,16,17). The summed E-state index contributed by atoms with van der Waals surface area (Å²) in [5.41, 5.74) is 3.49. The summed E-state index contributed by atoms with van der Waals surface area (Å²) in [4.78, 5) is 7.74. The van der Waals surface area contributed by atoms with Crippen LogP contribution in [0.1, 0.15) is 5.56 Å². The number of methoxy groups -OCH3 is 1. The number of ether oxygens (including phenoxy) is 1. The molecule has 2 aromatic carbocycles. The Morgan fingerprint density at radius 2 is 2.00 bits per heavy atom. The number of hydrogen-bond donors (Lipinski definition) is 2. The Bertz CT molecular complexity index is 747. The normalized spacial score (nSPS) is 10.8. The highest BCUT2D eigenvalue weighted by atomic mass is 16.5. The fraction of sp³-hybridized carbons (Fsp3) is 0.133. The maximum Gasteiger partial charge on any atom is 0.138 e. The minimum Gasteiger partial charge on any atom is -0.508 e. The number of nitrogens with zero attached hydrogens (tertiary/aromatic N) is 1. The van der Waals surface area contributed by atoms with Gasteiger partial charge in [-0.2, -0.15) is 0 Å². The summed E-state index contributed by atoms with van der Waals surface area (Å²) < 4.78 is 5.18. The van der Waals surface area contributed by atoms with Crippen molar-refractivity contribution in [3.05, 3.63) is 42.0 Å². The summed E-state index contributed by atoms with van der Waals surface area (Å²) in [6.07, 6.45) is 0. The number of H-pyrrole nitrogens is 1. The minimum atomic E-state index is 0.274. The van der Waals surface area contributed by atoms with Gasteiger partial charge >= 0.3 is 0 Å². The van der Waals surface area contributed by atoms with E-state index in [4.69, 9.17) is 4.74 Å². The molecule has 4 nitrogen and oxygen atoms in total. The fourth-order valence-electron chi connectivity index (χ4n) is 2.01. The summed E-state index contributed by atoms with van der Waals surface area (Å²) in [5, 5.41) is 9.76. The van der Waals surface area contributed by atoms with Gasteiger partial charge in [-0.3, -0.25) is 0 Å². The number of aromatic nitrogens is 2. The first-order valence-electron chi connectivity index (χ1n) is 6.01. The molecule has 0 saturated heterocycles. The van der Waals surface area contributed by atoms with E-state index < -0.39 is 0 Å². The van der Waals surface area contributed by atoms with Crippen molar-refractivity contribution in [2.24, 2.45) is 0 Å². The molecule has 19 heavy (non-hydrogen) atoms. The molecule has 0 aliphatic carbocycles. The van der Waals surface area contributed by atoms with Crippen molar-refractivity contribution in [3.63, 3.8) is 0 Å². The molecule has 2 N–H and O–H groups in total. The first-order chi connectivity index (χ1) is 9.17. The van der Waals surface area contributed by atoms with Gasteiger partial charge in [0, 0.05) is 11.6 Å². The van der Waals surface area contributed by atoms with Crippen LogP contribution in [0.5, 0.6) is 11.5 Å². The van der Waals surface area contributed by atoms with Crippen molar-refractivity contribution < 1.29 is 9.84 Å². The van der Waals surface area contributed by atoms with Crippen LogP contribution in [0.25, 0.3) is 22.4 Å².